The van der Waals surface area contributed by atoms with Gasteiger partial charge in [-0.3, -0.25) is 0 Å². The lowest BCUT2D eigenvalue weighted by molar-refractivity contribution is 0.828. The number of hydrogen-bond donors (Lipinski definition) is 2. The van der Waals surface area contributed by atoms with E-state index in [1.165, 1.54) is 16.7 Å². The van der Waals surface area contributed by atoms with Crippen LogP contribution in [0.5, 0.6) is 0 Å². The molecule has 2 rings (SSSR count). The van der Waals surface area contributed by atoms with E-state index in [1.54, 1.807) is 0 Å². The van der Waals surface area contributed by atoms with E-state index in [4.69, 9.17) is 11.5 Å². The van der Waals surface area contributed by atoms with E-state index in [2.05, 4.69) is 51.1 Å². The molecule has 20 heavy (non-hydrogen) atoms. The minimum absolute atomic E-state index is 0.0970. The zero-order valence-corrected chi connectivity index (χ0v) is 12.6. The van der Waals surface area contributed by atoms with Gasteiger partial charge in [0.15, 0.2) is 0 Å². The predicted molar refractivity (Wildman–Crippen MR) is 85.6 cm³/mol. The SMILES string of the molecule is Cc1ccc(C(C)C)cc1C(N)c1cccc(CN)c1. The molecule has 0 bridgehead atoms. The van der Waals surface area contributed by atoms with E-state index in [1.807, 2.05) is 12.1 Å². The Labute approximate surface area is 121 Å². The summed E-state index contributed by atoms with van der Waals surface area (Å²) in [6.45, 7) is 7.07. The average Bonchev–Trinajstić information content (AvgIpc) is 2.46. The Balaban J connectivity index is 2.41. The third kappa shape index (κ3) is 3.09. The quantitative estimate of drug-likeness (QED) is 0.889. The summed E-state index contributed by atoms with van der Waals surface area (Å²) < 4.78 is 0. The van der Waals surface area contributed by atoms with Crippen molar-refractivity contribution in [1.29, 1.82) is 0 Å². The van der Waals surface area contributed by atoms with Crippen LogP contribution in [-0.4, -0.2) is 0 Å². The topological polar surface area (TPSA) is 52.0 Å². The van der Waals surface area contributed by atoms with Gasteiger partial charge in [0.05, 0.1) is 6.04 Å². The lowest BCUT2D eigenvalue weighted by atomic mass is 9.91. The van der Waals surface area contributed by atoms with Crippen LogP contribution in [-0.2, 0) is 6.54 Å². The van der Waals surface area contributed by atoms with Crippen LogP contribution in [0.1, 0.15) is 53.6 Å². The summed E-state index contributed by atoms with van der Waals surface area (Å²) in [4.78, 5) is 0. The fourth-order valence-corrected chi connectivity index (χ4v) is 2.45. The molecule has 0 heterocycles. The molecule has 0 aliphatic carbocycles. The highest BCUT2D eigenvalue weighted by Gasteiger charge is 2.13. The molecule has 0 aromatic heterocycles. The van der Waals surface area contributed by atoms with Crippen molar-refractivity contribution >= 4 is 0 Å². The van der Waals surface area contributed by atoms with Gasteiger partial charge in [0.2, 0.25) is 0 Å². The second-order valence-corrected chi connectivity index (χ2v) is 5.70. The van der Waals surface area contributed by atoms with Gasteiger partial charge in [0.1, 0.15) is 0 Å². The van der Waals surface area contributed by atoms with Crippen molar-refractivity contribution in [3.63, 3.8) is 0 Å². The second-order valence-electron chi connectivity index (χ2n) is 5.70. The highest BCUT2D eigenvalue weighted by molar-refractivity contribution is 5.40. The smallest absolute Gasteiger partial charge is 0.0554 e. The van der Waals surface area contributed by atoms with Crippen molar-refractivity contribution in [2.75, 3.05) is 0 Å². The Morgan fingerprint density at radius 2 is 1.75 bits per heavy atom. The first-order valence-electron chi connectivity index (χ1n) is 7.18. The van der Waals surface area contributed by atoms with E-state index < -0.39 is 0 Å². The van der Waals surface area contributed by atoms with Crippen molar-refractivity contribution in [1.82, 2.24) is 0 Å². The van der Waals surface area contributed by atoms with Crippen LogP contribution in [0, 0.1) is 6.92 Å². The number of aryl methyl sites for hydroxylation is 1. The van der Waals surface area contributed by atoms with Gasteiger partial charge in [-0.2, -0.15) is 0 Å². The van der Waals surface area contributed by atoms with Crippen LogP contribution in [0.25, 0.3) is 0 Å². The van der Waals surface area contributed by atoms with Crippen LogP contribution >= 0.6 is 0 Å². The van der Waals surface area contributed by atoms with Crippen LogP contribution in [0.4, 0.5) is 0 Å². The second kappa shape index (κ2) is 6.21. The Morgan fingerprint density at radius 1 is 1.00 bits per heavy atom. The van der Waals surface area contributed by atoms with Crippen LogP contribution in [0.15, 0.2) is 42.5 Å². The van der Waals surface area contributed by atoms with Gasteiger partial charge in [-0.05, 0) is 40.7 Å². The third-order valence-electron chi connectivity index (χ3n) is 3.85. The van der Waals surface area contributed by atoms with E-state index in [0.29, 0.717) is 12.5 Å². The van der Waals surface area contributed by atoms with E-state index in [-0.39, 0.29) is 6.04 Å². The summed E-state index contributed by atoms with van der Waals surface area (Å²) in [5.41, 5.74) is 18.2. The van der Waals surface area contributed by atoms with Gasteiger partial charge in [-0.25, -0.2) is 0 Å². The maximum Gasteiger partial charge on any atom is 0.0554 e. The average molecular weight is 268 g/mol. The van der Waals surface area contributed by atoms with Crippen LogP contribution in [0.3, 0.4) is 0 Å². The molecule has 1 atom stereocenters. The first kappa shape index (κ1) is 14.8. The van der Waals surface area contributed by atoms with Crippen LogP contribution in [0.2, 0.25) is 0 Å². The molecule has 106 valence electrons. The summed E-state index contributed by atoms with van der Waals surface area (Å²) in [7, 11) is 0. The Kier molecular flexibility index (Phi) is 4.58. The fourth-order valence-electron chi connectivity index (χ4n) is 2.45. The Bertz CT molecular complexity index is 588. The molecule has 0 spiro atoms. The molecular formula is C18H24N2. The first-order valence-corrected chi connectivity index (χ1v) is 7.18. The maximum atomic E-state index is 6.47. The number of benzene rings is 2. The molecular weight excluding hydrogens is 244 g/mol. The summed E-state index contributed by atoms with van der Waals surface area (Å²) in [5, 5.41) is 0. The summed E-state index contributed by atoms with van der Waals surface area (Å²) in [6.07, 6.45) is 0. The van der Waals surface area contributed by atoms with Gasteiger partial charge < -0.3 is 11.5 Å². The minimum atomic E-state index is -0.0970. The molecule has 2 aromatic carbocycles. The molecule has 0 saturated heterocycles. The molecule has 2 nitrogen and oxygen atoms in total. The highest BCUT2D eigenvalue weighted by atomic mass is 14.6. The third-order valence-corrected chi connectivity index (χ3v) is 3.85. The molecule has 0 aliphatic rings. The molecule has 0 saturated carbocycles. The molecule has 2 heteroatoms. The van der Waals surface area contributed by atoms with Gasteiger partial charge in [0.25, 0.3) is 0 Å². The number of hydrogen-bond acceptors (Lipinski definition) is 2. The van der Waals surface area contributed by atoms with Gasteiger partial charge in [-0.15, -0.1) is 0 Å². The largest absolute Gasteiger partial charge is 0.326 e. The van der Waals surface area contributed by atoms with Crippen molar-refractivity contribution in [2.24, 2.45) is 11.5 Å². The number of rotatable bonds is 4. The Morgan fingerprint density at radius 3 is 2.40 bits per heavy atom. The van der Waals surface area contributed by atoms with Crippen molar-refractivity contribution < 1.29 is 0 Å². The lowest BCUT2D eigenvalue weighted by Crippen LogP contribution is -2.14. The van der Waals surface area contributed by atoms with Gasteiger partial charge in [-0.1, -0.05) is 56.3 Å². The normalized spacial score (nSPS) is 12.7. The molecule has 0 radical (unpaired) electrons. The summed E-state index contributed by atoms with van der Waals surface area (Å²) in [5.74, 6) is 0.511. The fraction of sp³-hybridized carbons (Fsp3) is 0.333. The lowest BCUT2D eigenvalue weighted by Gasteiger charge is -2.18. The minimum Gasteiger partial charge on any atom is -0.326 e. The molecule has 0 amide bonds. The van der Waals surface area contributed by atoms with Crippen molar-refractivity contribution in [3.8, 4) is 0 Å². The van der Waals surface area contributed by atoms with Crippen LogP contribution < -0.4 is 11.5 Å². The van der Waals surface area contributed by atoms with Crippen molar-refractivity contribution in [2.45, 2.75) is 39.3 Å². The van der Waals surface area contributed by atoms with Crippen molar-refractivity contribution in [3.05, 3.63) is 70.3 Å². The van der Waals surface area contributed by atoms with E-state index >= 15 is 0 Å². The molecule has 2 aromatic rings. The zero-order chi connectivity index (χ0) is 14.7. The molecule has 4 N–H and O–H groups in total. The van der Waals surface area contributed by atoms with E-state index in [0.717, 1.165) is 11.1 Å². The summed E-state index contributed by atoms with van der Waals surface area (Å²) in [6, 6.07) is 14.7. The van der Waals surface area contributed by atoms with Gasteiger partial charge >= 0.3 is 0 Å². The molecule has 0 fully saturated rings. The maximum absolute atomic E-state index is 6.47. The van der Waals surface area contributed by atoms with E-state index in [9.17, 15) is 0 Å². The van der Waals surface area contributed by atoms with Gasteiger partial charge in [0, 0.05) is 6.54 Å². The highest BCUT2D eigenvalue weighted by Crippen LogP contribution is 2.26. The zero-order valence-electron chi connectivity index (χ0n) is 12.6. The predicted octanol–water partition coefficient (Wildman–Crippen LogP) is 3.63. The molecule has 1 unspecified atom stereocenters. The summed E-state index contributed by atoms with van der Waals surface area (Å²) >= 11 is 0. The standard InChI is InChI=1S/C18H24N2/c1-12(2)15-8-7-13(3)17(10-15)18(20)16-6-4-5-14(9-16)11-19/h4-10,12,18H,11,19-20H2,1-3H3. The first-order chi connectivity index (χ1) is 9.52. The monoisotopic (exact) mass is 268 g/mol. The Hall–Kier alpha value is -1.64. The number of nitrogens with two attached hydrogens (primary N) is 2. The molecule has 0 aliphatic heterocycles.